The van der Waals surface area contributed by atoms with E-state index in [1.165, 1.54) is 0 Å². The van der Waals surface area contributed by atoms with Gasteiger partial charge in [0.05, 0.1) is 26.2 Å². The van der Waals surface area contributed by atoms with Gasteiger partial charge >= 0.3 is 0 Å². The van der Waals surface area contributed by atoms with Crippen LogP contribution in [0.1, 0.15) is 17.3 Å². The Labute approximate surface area is 135 Å². The highest BCUT2D eigenvalue weighted by Crippen LogP contribution is 2.08. The standard InChI is InChI=1S/C16H22N4O3/c21-16(10-17-6-7-22-12-16)11-18-9-14-19-15(23-20-14)8-13-4-2-1-3-5-13/h1-5,17-18,21H,6-12H2/t16-/m1/s1. The molecule has 1 aromatic heterocycles. The summed E-state index contributed by atoms with van der Waals surface area (Å²) in [6, 6.07) is 9.99. The van der Waals surface area contributed by atoms with Crippen molar-refractivity contribution in [3.63, 3.8) is 0 Å². The Morgan fingerprint density at radius 1 is 1.30 bits per heavy atom. The van der Waals surface area contributed by atoms with Gasteiger partial charge in [0, 0.05) is 19.6 Å². The molecule has 0 amide bonds. The minimum atomic E-state index is -0.910. The molecule has 2 heterocycles. The Bertz CT molecular complexity index is 594. The highest BCUT2D eigenvalue weighted by Gasteiger charge is 2.28. The molecule has 7 nitrogen and oxygen atoms in total. The molecule has 23 heavy (non-hydrogen) atoms. The number of aromatic nitrogens is 2. The largest absolute Gasteiger partial charge is 0.385 e. The summed E-state index contributed by atoms with van der Waals surface area (Å²) in [6.07, 6.45) is 0.621. The van der Waals surface area contributed by atoms with Crippen LogP contribution in [0.2, 0.25) is 0 Å². The van der Waals surface area contributed by atoms with Gasteiger partial charge in [0.2, 0.25) is 5.89 Å². The maximum atomic E-state index is 10.4. The van der Waals surface area contributed by atoms with Crippen molar-refractivity contribution in [2.45, 2.75) is 18.6 Å². The number of benzene rings is 1. The van der Waals surface area contributed by atoms with E-state index in [1.54, 1.807) is 0 Å². The molecule has 0 unspecified atom stereocenters. The van der Waals surface area contributed by atoms with Gasteiger partial charge in [-0.15, -0.1) is 0 Å². The summed E-state index contributed by atoms with van der Waals surface area (Å²) >= 11 is 0. The molecule has 124 valence electrons. The van der Waals surface area contributed by atoms with E-state index in [0.29, 0.717) is 51.0 Å². The van der Waals surface area contributed by atoms with Gasteiger partial charge in [-0.2, -0.15) is 4.98 Å². The van der Waals surface area contributed by atoms with E-state index >= 15 is 0 Å². The molecule has 1 fully saturated rings. The molecule has 1 aliphatic heterocycles. The Hall–Kier alpha value is -1.80. The molecule has 3 N–H and O–H groups in total. The maximum Gasteiger partial charge on any atom is 0.231 e. The van der Waals surface area contributed by atoms with E-state index in [0.717, 1.165) is 12.1 Å². The van der Waals surface area contributed by atoms with E-state index in [-0.39, 0.29) is 0 Å². The van der Waals surface area contributed by atoms with E-state index in [9.17, 15) is 5.11 Å². The zero-order chi connectivity index (χ0) is 16.0. The van der Waals surface area contributed by atoms with Crippen LogP contribution >= 0.6 is 0 Å². The molecule has 1 atom stereocenters. The van der Waals surface area contributed by atoms with Crippen molar-refractivity contribution in [3.8, 4) is 0 Å². The number of nitrogens with zero attached hydrogens (tertiary/aromatic N) is 2. The molecular weight excluding hydrogens is 296 g/mol. The van der Waals surface area contributed by atoms with Gasteiger partial charge in [-0.25, -0.2) is 0 Å². The molecule has 1 saturated heterocycles. The highest BCUT2D eigenvalue weighted by atomic mass is 16.5. The van der Waals surface area contributed by atoms with Gasteiger partial charge in [0.25, 0.3) is 0 Å². The van der Waals surface area contributed by atoms with Crippen molar-refractivity contribution >= 4 is 0 Å². The molecule has 0 bridgehead atoms. The zero-order valence-electron chi connectivity index (χ0n) is 13.0. The third-order valence-electron chi connectivity index (χ3n) is 3.69. The van der Waals surface area contributed by atoms with Gasteiger partial charge in [-0.3, -0.25) is 0 Å². The fourth-order valence-corrected chi connectivity index (χ4v) is 2.50. The second kappa shape index (κ2) is 7.65. The van der Waals surface area contributed by atoms with Gasteiger partial charge in [0.1, 0.15) is 5.60 Å². The van der Waals surface area contributed by atoms with Crippen LogP contribution in [0.3, 0.4) is 0 Å². The van der Waals surface area contributed by atoms with Crippen LogP contribution in [0.25, 0.3) is 0 Å². The van der Waals surface area contributed by atoms with Crippen LogP contribution in [-0.2, 0) is 17.7 Å². The van der Waals surface area contributed by atoms with Gasteiger partial charge < -0.3 is 25.0 Å². The smallest absolute Gasteiger partial charge is 0.231 e. The molecule has 1 aromatic carbocycles. The third kappa shape index (κ3) is 4.84. The summed E-state index contributed by atoms with van der Waals surface area (Å²) in [5.74, 6) is 1.17. The lowest BCUT2D eigenvalue weighted by Gasteiger charge is -2.25. The SMILES string of the molecule is O[C@@]1(CNCc2noc(Cc3ccccc3)n2)CNCCOC1. The average molecular weight is 318 g/mol. The van der Waals surface area contributed by atoms with Crippen molar-refractivity contribution in [2.24, 2.45) is 0 Å². The number of aliphatic hydroxyl groups is 1. The Morgan fingerprint density at radius 2 is 2.17 bits per heavy atom. The molecule has 2 aromatic rings. The maximum absolute atomic E-state index is 10.4. The monoisotopic (exact) mass is 318 g/mol. The summed E-state index contributed by atoms with van der Waals surface area (Å²) in [4.78, 5) is 4.36. The first-order valence-corrected chi connectivity index (χ1v) is 7.80. The number of hydrogen-bond acceptors (Lipinski definition) is 7. The van der Waals surface area contributed by atoms with E-state index in [1.807, 2.05) is 30.3 Å². The van der Waals surface area contributed by atoms with Crippen molar-refractivity contribution in [3.05, 3.63) is 47.6 Å². The zero-order valence-corrected chi connectivity index (χ0v) is 13.0. The van der Waals surface area contributed by atoms with Gasteiger partial charge in [-0.05, 0) is 5.56 Å². The molecule has 0 radical (unpaired) electrons. The topological polar surface area (TPSA) is 92.4 Å². The predicted molar refractivity (Wildman–Crippen MR) is 83.9 cm³/mol. The summed E-state index contributed by atoms with van der Waals surface area (Å²) in [6.45, 7) is 3.05. The fourth-order valence-electron chi connectivity index (χ4n) is 2.50. The lowest BCUT2D eigenvalue weighted by Crippen LogP contribution is -2.50. The predicted octanol–water partition coefficient (Wildman–Crippen LogP) is 0.101. The number of rotatable bonds is 6. The fraction of sp³-hybridized carbons (Fsp3) is 0.500. The Kier molecular flexibility index (Phi) is 5.35. The molecule has 0 aliphatic carbocycles. The van der Waals surface area contributed by atoms with Crippen LogP contribution in [0.5, 0.6) is 0 Å². The van der Waals surface area contributed by atoms with Crippen molar-refractivity contribution in [1.29, 1.82) is 0 Å². The quantitative estimate of drug-likeness (QED) is 0.696. The second-order valence-electron chi connectivity index (χ2n) is 5.82. The van der Waals surface area contributed by atoms with Crippen molar-refractivity contribution in [2.75, 3.05) is 32.8 Å². The first-order valence-electron chi connectivity index (χ1n) is 7.80. The van der Waals surface area contributed by atoms with Gasteiger partial charge in [0.15, 0.2) is 5.82 Å². The Morgan fingerprint density at radius 3 is 3.04 bits per heavy atom. The average Bonchev–Trinajstić information content (AvgIpc) is 2.87. The normalized spacial score (nSPS) is 22.0. The summed E-state index contributed by atoms with van der Waals surface area (Å²) in [5, 5.41) is 20.7. The highest BCUT2D eigenvalue weighted by molar-refractivity contribution is 5.17. The van der Waals surface area contributed by atoms with Crippen LogP contribution in [0.4, 0.5) is 0 Å². The van der Waals surface area contributed by atoms with Gasteiger partial charge in [-0.1, -0.05) is 35.5 Å². The van der Waals surface area contributed by atoms with Crippen LogP contribution < -0.4 is 10.6 Å². The molecule has 0 saturated carbocycles. The van der Waals surface area contributed by atoms with E-state index in [2.05, 4.69) is 20.8 Å². The van der Waals surface area contributed by atoms with Crippen LogP contribution in [0, 0.1) is 0 Å². The molecule has 7 heteroatoms. The first kappa shape index (κ1) is 16.1. The van der Waals surface area contributed by atoms with Crippen LogP contribution in [0.15, 0.2) is 34.9 Å². The van der Waals surface area contributed by atoms with E-state index < -0.39 is 5.60 Å². The lowest BCUT2D eigenvalue weighted by molar-refractivity contribution is -0.0265. The summed E-state index contributed by atoms with van der Waals surface area (Å²) in [7, 11) is 0. The van der Waals surface area contributed by atoms with Crippen molar-refractivity contribution < 1.29 is 14.4 Å². The Balaban J connectivity index is 1.47. The van der Waals surface area contributed by atoms with E-state index in [4.69, 9.17) is 9.26 Å². The lowest BCUT2D eigenvalue weighted by atomic mass is 10.1. The second-order valence-corrected chi connectivity index (χ2v) is 5.82. The van der Waals surface area contributed by atoms with Crippen molar-refractivity contribution in [1.82, 2.24) is 20.8 Å². The minimum Gasteiger partial charge on any atom is -0.385 e. The number of hydrogen-bond donors (Lipinski definition) is 3. The molecular formula is C16H22N4O3. The minimum absolute atomic E-state index is 0.318. The summed E-state index contributed by atoms with van der Waals surface area (Å²) < 4.78 is 10.6. The number of ether oxygens (including phenoxy) is 1. The molecule has 1 aliphatic rings. The molecule has 3 rings (SSSR count). The van der Waals surface area contributed by atoms with Crippen LogP contribution in [-0.4, -0.2) is 53.7 Å². The first-order chi connectivity index (χ1) is 11.2. The number of β-amino-alcohol motifs (C(OH)–C–C–N with tert-alkyl or cyclic N) is 1. The summed E-state index contributed by atoms with van der Waals surface area (Å²) in [5.41, 5.74) is 0.222. The third-order valence-corrected chi connectivity index (χ3v) is 3.69. The molecule has 0 spiro atoms. The number of nitrogens with one attached hydrogen (secondary N) is 2.